The minimum absolute atomic E-state index is 0.00148. The summed E-state index contributed by atoms with van der Waals surface area (Å²) in [5.41, 5.74) is 5.80. The zero-order valence-corrected chi connectivity index (χ0v) is 11.7. The Kier molecular flexibility index (Phi) is 4.06. The van der Waals surface area contributed by atoms with E-state index in [0.29, 0.717) is 21.9 Å². The van der Waals surface area contributed by atoms with Crippen LogP contribution in [0, 0.1) is 0 Å². The fourth-order valence-electron chi connectivity index (χ4n) is 2.39. The number of carbonyl (C=O) groups is 1. The van der Waals surface area contributed by atoms with Gasteiger partial charge in [0.05, 0.1) is 0 Å². The third-order valence-corrected chi connectivity index (χ3v) is 4.58. The molecule has 1 amide bonds. The van der Waals surface area contributed by atoms with E-state index in [4.69, 9.17) is 5.73 Å². The van der Waals surface area contributed by atoms with Gasteiger partial charge in [-0.05, 0) is 12.8 Å². The maximum atomic E-state index is 12.4. The van der Waals surface area contributed by atoms with Crippen LogP contribution < -0.4 is 11.1 Å². The predicted octanol–water partition coefficient (Wildman–Crippen LogP) is 2.17. The molecule has 1 aromatic rings. The lowest BCUT2D eigenvalue weighted by atomic mass is 9.94. The Hall–Kier alpha value is -1.30. The number of nitrogens with one attached hydrogen (secondary N) is 1. The first-order chi connectivity index (χ1) is 8.63. The molecule has 1 fully saturated rings. The zero-order chi connectivity index (χ0) is 13.1. The Balaban J connectivity index is 2.11. The fourth-order valence-corrected chi connectivity index (χ4v) is 3.21. The summed E-state index contributed by atoms with van der Waals surface area (Å²) < 4.78 is 0. The second kappa shape index (κ2) is 5.56. The van der Waals surface area contributed by atoms with E-state index in [0.717, 1.165) is 12.8 Å². The van der Waals surface area contributed by atoms with Crippen LogP contribution in [0.3, 0.4) is 0 Å². The van der Waals surface area contributed by atoms with Crippen LogP contribution in [0.1, 0.15) is 41.8 Å². The van der Waals surface area contributed by atoms with E-state index in [9.17, 15) is 4.79 Å². The molecular weight excluding hydrogens is 248 g/mol. The number of hydrogen-bond acceptors (Lipinski definition) is 5. The molecule has 18 heavy (non-hydrogen) atoms. The molecule has 1 heterocycles. The van der Waals surface area contributed by atoms with E-state index in [1.165, 1.54) is 30.6 Å². The van der Waals surface area contributed by atoms with Crippen molar-refractivity contribution in [3.63, 3.8) is 0 Å². The predicted molar refractivity (Wildman–Crippen MR) is 75.0 cm³/mol. The second-order valence-electron chi connectivity index (χ2n) is 4.69. The van der Waals surface area contributed by atoms with Crippen molar-refractivity contribution in [2.75, 3.05) is 25.1 Å². The van der Waals surface area contributed by atoms with Gasteiger partial charge in [0.25, 0.3) is 5.91 Å². The molecule has 0 radical (unpaired) electrons. The summed E-state index contributed by atoms with van der Waals surface area (Å²) in [6.45, 7) is 0. The van der Waals surface area contributed by atoms with Crippen LogP contribution in [0.25, 0.3) is 0 Å². The van der Waals surface area contributed by atoms with E-state index in [2.05, 4.69) is 10.3 Å². The van der Waals surface area contributed by atoms with Crippen molar-refractivity contribution in [1.29, 1.82) is 0 Å². The van der Waals surface area contributed by atoms with Crippen molar-refractivity contribution in [3.05, 3.63) is 4.88 Å². The van der Waals surface area contributed by atoms with Crippen molar-refractivity contribution in [2.24, 2.45) is 0 Å². The highest BCUT2D eigenvalue weighted by Crippen LogP contribution is 2.28. The molecule has 6 heteroatoms. The van der Waals surface area contributed by atoms with Gasteiger partial charge in [-0.1, -0.05) is 30.6 Å². The zero-order valence-electron chi connectivity index (χ0n) is 10.9. The first-order valence-electron chi connectivity index (χ1n) is 6.34. The quantitative estimate of drug-likeness (QED) is 0.881. The van der Waals surface area contributed by atoms with Gasteiger partial charge in [-0.15, -0.1) is 0 Å². The minimum Gasteiger partial charge on any atom is -0.382 e. The molecule has 0 unspecified atom stereocenters. The van der Waals surface area contributed by atoms with Crippen LogP contribution in [0.4, 0.5) is 10.9 Å². The van der Waals surface area contributed by atoms with Gasteiger partial charge in [-0.3, -0.25) is 4.79 Å². The Bertz CT molecular complexity index is 426. The van der Waals surface area contributed by atoms with E-state index >= 15 is 0 Å². The lowest BCUT2D eigenvalue weighted by molar-refractivity contribution is 0.0702. The van der Waals surface area contributed by atoms with Crippen LogP contribution in [0.15, 0.2) is 0 Å². The van der Waals surface area contributed by atoms with Crippen LogP contribution in [0.2, 0.25) is 0 Å². The van der Waals surface area contributed by atoms with E-state index < -0.39 is 0 Å². The lowest BCUT2D eigenvalue weighted by Gasteiger charge is -2.30. The summed E-state index contributed by atoms with van der Waals surface area (Å²) in [5, 5.41) is 3.61. The molecule has 0 aliphatic heterocycles. The monoisotopic (exact) mass is 268 g/mol. The highest BCUT2D eigenvalue weighted by Gasteiger charge is 2.26. The third-order valence-electron chi connectivity index (χ3n) is 3.50. The molecule has 100 valence electrons. The van der Waals surface area contributed by atoms with Gasteiger partial charge in [0.2, 0.25) is 0 Å². The van der Waals surface area contributed by atoms with Crippen molar-refractivity contribution in [1.82, 2.24) is 9.88 Å². The second-order valence-corrected chi connectivity index (χ2v) is 5.69. The van der Waals surface area contributed by atoms with E-state index in [1.807, 2.05) is 11.9 Å². The van der Waals surface area contributed by atoms with Gasteiger partial charge in [-0.2, -0.15) is 0 Å². The average Bonchev–Trinajstić information content (AvgIpc) is 2.79. The molecule has 0 atom stereocenters. The number of aromatic nitrogens is 1. The molecule has 3 N–H and O–H groups in total. The SMILES string of the molecule is CNc1nc(N)c(C(=O)N(C)C2CCCCC2)s1. The van der Waals surface area contributed by atoms with Crippen LogP contribution in [-0.2, 0) is 0 Å². The van der Waals surface area contributed by atoms with Gasteiger partial charge in [0.1, 0.15) is 10.7 Å². The van der Waals surface area contributed by atoms with Gasteiger partial charge in [0, 0.05) is 20.1 Å². The Labute approximate surface area is 111 Å². The first kappa shape index (κ1) is 13.1. The normalized spacial score (nSPS) is 16.6. The molecule has 1 aromatic heterocycles. The molecule has 1 saturated carbocycles. The van der Waals surface area contributed by atoms with Gasteiger partial charge < -0.3 is 16.0 Å². The van der Waals surface area contributed by atoms with Crippen molar-refractivity contribution in [2.45, 2.75) is 38.1 Å². The standard InChI is InChI=1S/C12H20N4OS/c1-14-12-15-10(13)9(18-12)11(17)16(2)8-6-4-3-5-7-8/h8H,3-7,13H2,1-2H3,(H,14,15). The Morgan fingerprint density at radius 1 is 1.44 bits per heavy atom. The summed E-state index contributed by atoms with van der Waals surface area (Å²) in [7, 11) is 3.65. The summed E-state index contributed by atoms with van der Waals surface area (Å²) in [6.07, 6.45) is 5.90. The first-order valence-corrected chi connectivity index (χ1v) is 7.16. The van der Waals surface area contributed by atoms with Gasteiger partial charge in [-0.25, -0.2) is 4.98 Å². The fraction of sp³-hybridized carbons (Fsp3) is 0.667. The molecule has 0 spiro atoms. The number of nitrogen functional groups attached to an aromatic ring is 1. The van der Waals surface area contributed by atoms with Crippen molar-refractivity contribution < 1.29 is 4.79 Å². The maximum absolute atomic E-state index is 12.4. The summed E-state index contributed by atoms with van der Waals surface area (Å²) in [4.78, 5) is 18.9. The summed E-state index contributed by atoms with van der Waals surface area (Å²) in [5.74, 6) is 0.329. The minimum atomic E-state index is -0.00148. The summed E-state index contributed by atoms with van der Waals surface area (Å²) >= 11 is 1.32. The van der Waals surface area contributed by atoms with Crippen molar-refractivity contribution in [3.8, 4) is 0 Å². The van der Waals surface area contributed by atoms with Gasteiger partial charge >= 0.3 is 0 Å². The van der Waals surface area contributed by atoms with Crippen LogP contribution in [0.5, 0.6) is 0 Å². The number of carbonyl (C=O) groups excluding carboxylic acids is 1. The van der Waals surface area contributed by atoms with Crippen LogP contribution >= 0.6 is 11.3 Å². The highest BCUT2D eigenvalue weighted by atomic mass is 32.1. The highest BCUT2D eigenvalue weighted by molar-refractivity contribution is 7.18. The number of nitrogens with zero attached hydrogens (tertiary/aromatic N) is 2. The number of anilines is 2. The molecule has 0 saturated heterocycles. The van der Waals surface area contributed by atoms with E-state index in [-0.39, 0.29) is 5.91 Å². The topological polar surface area (TPSA) is 71.2 Å². The maximum Gasteiger partial charge on any atom is 0.267 e. The smallest absolute Gasteiger partial charge is 0.267 e. The molecule has 0 bridgehead atoms. The molecule has 1 aliphatic carbocycles. The molecule has 5 nitrogen and oxygen atoms in total. The number of hydrogen-bond donors (Lipinski definition) is 2. The Morgan fingerprint density at radius 3 is 2.67 bits per heavy atom. The molecule has 0 aromatic carbocycles. The molecular formula is C12H20N4OS. The summed E-state index contributed by atoms with van der Waals surface area (Å²) in [6, 6.07) is 0.353. The number of amides is 1. The average molecular weight is 268 g/mol. The molecule has 1 aliphatic rings. The van der Waals surface area contributed by atoms with E-state index in [1.54, 1.807) is 7.05 Å². The van der Waals surface area contributed by atoms with Gasteiger partial charge in [0.15, 0.2) is 5.13 Å². The number of thiazole rings is 1. The van der Waals surface area contributed by atoms with Crippen LogP contribution in [-0.4, -0.2) is 35.9 Å². The Morgan fingerprint density at radius 2 is 2.11 bits per heavy atom. The largest absolute Gasteiger partial charge is 0.382 e. The van der Waals surface area contributed by atoms with Crippen molar-refractivity contribution >= 4 is 28.2 Å². The number of rotatable bonds is 3. The third kappa shape index (κ3) is 2.58. The number of nitrogens with two attached hydrogens (primary N) is 1. The lowest BCUT2D eigenvalue weighted by Crippen LogP contribution is -2.38. The molecule has 2 rings (SSSR count).